The summed E-state index contributed by atoms with van der Waals surface area (Å²) in [5.74, 6) is -16.6. The van der Waals surface area contributed by atoms with Crippen LogP contribution in [0.15, 0.2) is 24.3 Å². The molecule has 1 unspecified atom stereocenters. The molecule has 0 spiro atoms. The van der Waals surface area contributed by atoms with Gasteiger partial charge >= 0.3 is 11.8 Å². The Bertz CT molecular complexity index is 1150. The largest absolute Gasteiger partial charge is 0.455 e. The van der Waals surface area contributed by atoms with E-state index in [1.165, 1.54) is 6.07 Å². The van der Waals surface area contributed by atoms with Crippen LogP contribution >= 0.6 is 0 Å². The summed E-state index contributed by atoms with van der Waals surface area (Å²) in [6.45, 7) is 4.95. The molecule has 1 nitrogen and oxygen atoms in total. The van der Waals surface area contributed by atoms with Gasteiger partial charge in [0, 0.05) is 12.8 Å². The SMILES string of the molecule is CCCCCC1CCC(C(C)(F)Oc2ccc3c(c2F)C(F)(F)C(F)(F)c2c-3ccc(CCC)c2F)CC1. The third kappa shape index (κ3) is 4.92. The molecule has 0 saturated heterocycles. The molecule has 1 saturated carbocycles. The molecule has 2 aliphatic rings. The topological polar surface area (TPSA) is 9.23 Å². The van der Waals surface area contributed by atoms with Crippen LogP contribution in [0.1, 0.15) is 95.2 Å². The maximum absolute atomic E-state index is 15.7. The third-order valence-corrected chi connectivity index (χ3v) is 8.26. The molecule has 0 N–H and O–H groups in total. The van der Waals surface area contributed by atoms with E-state index in [-0.39, 0.29) is 12.0 Å². The molecule has 2 aromatic rings. The Morgan fingerprint density at radius 2 is 1.39 bits per heavy atom. The Morgan fingerprint density at radius 3 is 1.97 bits per heavy atom. The van der Waals surface area contributed by atoms with Crippen molar-refractivity contribution in [2.24, 2.45) is 11.8 Å². The van der Waals surface area contributed by atoms with Crippen LogP contribution in [0, 0.1) is 23.5 Å². The summed E-state index contributed by atoms with van der Waals surface area (Å²) in [4.78, 5) is 0. The minimum absolute atomic E-state index is 0.0878. The van der Waals surface area contributed by atoms with E-state index >= 15 is 30.7 Å². The standard InChI is InChI=1S/C30H35F7O/c1-4-6-7-9-18-10-13-20(14-11-18)28(3,33)38-23-17-16-22-21-15-12-19(8-5-2)26(31)24(21)29(34,35)30(36,37)25(22)27(23)32/h12,15-18,20H,4-11,13-14H2,1-3H3. The van der Waals surface area contributed by atoms with Gasteiger partial charge in [-0.3, -0.25) is 0 Å². The van der Waals surface area contributed by atoms with E-state index in [0.29, 0.717) is 25.2 Å². The highest BCUT2D eigenvalue weighted by Gasteiger charge is 2.65. The molecular weight excluding hydrogens is 509 g/mol. The number of alkyl halides is 5. The molecule has 1 fully saturated rings. The highest BCUT2D eigenvalue weighted by atomic mass is 19.3. The van der Waals surface area contributed by atoms with Crippen LogP contribution < -0.4 is 4.74 Å². The molecule has 38 heavy (non-hydrogen) atoms. The molecule has 0 radical (unpaired) electrons. The Hall–Kier alpha value is -2.25. The van der Waals surface area contributed by atoms with Crippen LogP contribution in [0.2, 0.25) is 0 Å². The fourth-order valence-electron chi connectivity index (χ4n) is 6.04. The minimum Gasteiger partial charge on any atom is -0.455 e. The molecule has 210 valence electrons. The summed E-state index contributed by atoms with van der Waals surface area (Å²) < 4.78 is 112. The lowest BCUT2D eigenvalue weighted by Gasteiger charge is -2.38. The maximum Gasteiger partial charge on any atom is 0.343 e. The molecular formula is C30H35F7O. The van der Waals surface area contributed by atoms with Gasteiger partial charge in [-0.15, -0.1) is 0 Å². The molecule has 0 heterocycles. The van der Waals surface area contributed by atoms with Gasteiger partial charge in [-0.25, -0.2) is 8.78 Å². The van der Waals surface area contributed by atoms with E-state index in [0.717, 1.165) is 63.6 Å². The fourth-order valence-corrected chi connectivity index (χ4v) is 6.04. The minimum atomic E-state index is -5.08. The predicted molar refractivity (Wildman–Crippen MR) is 133 cm³/mol. The van der Waals surface area contributed by atoms with Crippen LogP contribution in [-0.4, -0.2) is 5.85 Å². The predicted octanol–water partition coefficient (Wildman–Crippen LogP) is 10.2. The highest BCUT2D eigenvalue weighted by Crippen LogP contribution is 2.60. The first kappa shape index (κ1) is 28.8. The first-order valence-electron chi connectivity index (χ1n) is 13.7. The second-order valence-corrected chi connectivity index (χ2v) is 11.0. The van der Waals surface area contributed by atoms with Crippen LogP contribution in [0.4, 0.5) is 30.7 Å². The molecule has 0 aromatic heterocycles. The number of hydrogen-bond donors (Lipinski definition) is 0. The van der Waals surface area contributed by atoms with Crippen molar-refractivity contribution < 1.29 is 35.5 Å². The number of fused-ring (bicyclic) bond motifs is 3. The van der Waals surface area contributed by atoms with Crippen LogP contribution in [0.3, 0.4) is 0 Å². The second-order valence-electron chi connectivity index (χ2n) is 11.0. The van der Waals surface area contributed by atoms with Crippen molar-refractivity contribution in [1.82, 2.24) is 0 Å². The zero-order chi connectivity index (χ0) is 27.9. The molecule has 0 amide bonds. The quantitative estimate of drug-likeness (QED) is 0.225. The van der Waals surface area contributed by atoms with Crippen molar-refractivity contribution in [3.8, 4) is 16.9 Å². The summed E-state index contributed by atoms with van der Waals surface area (Å²) in [6, 6.07) is 4.31. The molecule has 2 aromatic carbocycles. The van der Waals surface area contributed by atoms with Gasteiger partial charge in [-0.1, -0.05) is 58.1 Å². The fraction of sp³-hybridized carbons (Fsp3) is 0.600. The summed E-state index contributed by atoms with van der Waals surface area (Å²) in [7, 11) is 0. The lowest BCUT2D eigenvalue weighted by Crippen LogP contribution is -2.42. The van der Waals surface area contributed by atoms with E-state index in [4.69, 9.17) is 4.74 Å². The monoisotopic (exact) mass is 544 g/mol. The first-order valence-corrected chi connectivity index (χ1v) is 13.7. The number of ether oxygens (including phenoxy) is 1. The summed E-state index contributed by atoms with van der Waals surface area (Å²) in [5, 5.41) is 0. The van der Waals surface area contributed by atoms with Crippen molar-refractivity contribution in [2.45, 2.75) is 103 Å². The molecule has 2 aliphatic carbocycles. The highest BCUT2D eigenvalue weighted by molar-refractivity contribution is 5.77. The van der Waals surface area contributed by atoms with Gasteiger partial charge in [0.25, 0.3) is 0 Å². The van der Waals surface area contributed by atoms with Crippen molar-refractivity contribution in [1.29, 1.82) is 0 Å². The van der Waals surface area contributed by atoms with Crippen molar-refractivity contribution in [3.63, 3.8) is 0 Å². The number of benzene rings is 2. The summed E-state index contributed by atoms with van der Waals surface area (Å²) in [6.07, 6.45) is 7.51. The number of hydrogen-bond acceptors (Lipinski definition) is 1. The molecule has 0 aliphatic heterocycles. The van der Waals surface area contributed by atoms with Gasteiger partial charge in [0.05, 0.1) is 11.1 Å². The summed E-state index contributed by atoms with van der Waals surface area (Å²) in [5.41, 5.74) is -4.23. The Labute approximate surface area is 219 Å². The van der Waals surface area contributed by atoms with Gasteiger partial charge in [-0.05, 0) is 66.8 Å². The molecule has 4 rings (SSSR count). The zero-order valence-electron chi connectivity index (χ0n) is 22.1. The molecule has 8 heteroatoms. The lowest BCUT2D eigenvalue weighted by molar-refractivity contribution is -0.228. The van der Waals surface area contributed by atoms with Gasteiger partial charge in [0.1, 0.15) is 5.82 Å². The van der Waals surface area contributed by atoms with E-state index in [2.05, 4.69) is 6.92 Å². The third-order valence-electron chi connectivity index (χ3n) is 8.26. The van der Waals surface area contributed by atoms with Gasteiger partial charge in [0.15, 0.2) is 11.6 Å². The van der Waals surface area contributed by atoms with Crippen molar-refractivity contribution >= 4 is 0 Å². The average Bonchev–Trinajstić information content (AvgIpc) is 2.85. The average molecular weight is 545 g/mol. The van der Waals surface area contributed by atoms with Crippen LogP contribution in [0.5, 0.6) is 5.75 Å². The Kier molecular flexibility index (Phi) is 8.11. The van der Waals surface area contributed by atoms with E-state index < -0.39 is 63.3 Å². The van der Waals surface area contributed by atoms with Gasteiger partial charge in [-0.2, -0.15) is 22.0 Å². The molecule has 0 bridgehead atoms. The Morgan fingerprint density at radius 1 is 0.816 bits per heavy atom. The van der Waals surface area contributed by atoms with Crippen molar-refractivity contribution in [3.05, 3.63) is 52.6 Å². The van der Waals surface area contributed by atoms with Crippen molar-refractivity contribution in [2.75, 3.05) is 0 Å². The number of unbranched alkanes of at least 4 members (excludes halogenated alkanes) is 2. The smallest absolute Gasteiger partial charge is 0.343 e. The van der Waals surface area contributed by atoms with E-state index in [1.807, 2.05) is 0 Å². The second kappa shape index (κ2) is 10.7. The first-order chi connectivity index (χ1) is 17.9. The van der Waals surface area contributed by atoms with Gasteiger partial charge < -0.3 is 4.74 Å². The molecule has 1 atom stereocenters. The lowest BCUT2D eigenvalue weighted by atomic mass is 9.77. The maximum atomic E-state index is 15.7. The van der Waals surface area contributed by atoms with Crippen LogP contribution in [0.25, 0.3) is 11.1 Å². The number of rotatable bonds is 9. The van der Waals surface area contributed by atoms with E-state index in [9.17, 15) is 0 Å². The zero-order valence-corrected chi connectivity index (χ0v) is 22.1. The Balaban J connectivity index is 1.65. The van der Waals surface area contributed by atoms with E-state index in [1.54, 1.807) is 6.92 Å². The normalized spacial score (nSPS) is 23.3. The number of halogens is 7. The number of aryl methyl sites for hydroxylation is 1. The van der Waals surface area contributed by atoms with Crippen LogP contribution in [-0.2, 0) is 18.3 Å². The summed E-state index contributed by atoms with van der Waals surface area (Å²) >= 11 is 0. The van der Waals surface area contributed by atoms with Gasteiger partial charge in [0.2, 0.25) is 5.85 Å².